The summed E-state index contributed by atoms with van der Waals surface area (Å²) < 4.78 is 5.13. The van der Waals surface area contributed by atoms with Gasteiger partial charge in [0.2, 0.25) is 0 Å². The van der Waals surface area contributed by atoms with E-state index >= 15 is 0 Å². The highest BCUT2D eigenvalue weighted by Crippen LogP contribution is 2.09. The second-order valence-electron chi connectivity index (χ2n) is 4.55. The molecule has 0 aromatic carbocycles. The minimum atomic E-state index is -0.461. The second kappa shape index (κ2) is 4.38. The highest BCUT2D eigenvalue weighted by atomic mass is 16.6. The van der Waals surface area contributed by atoms with E-state index < -0.39 is 11.7 Å². The quantitative estimate of drug-likeness (QED) is 0.692. The Morgan fingerprint density at radius 3 is 2.73 bits per heavy atom. The van der Waals surface area contributed by atoms with Crippen LogP contribution in [0, 0.1) is 0 Å². The summed E-state index contributed by atoms with van der Waals surface area (Å²) >= 11 is 0. The van der Waals surface area contributed by atoms with Gasteiger partial charge >= 0.3 is 6.09 Å². The Morgan fingerprint density at radius 1 is 1.60 bits per heavy atom. The zero-order valence-electron chi connectivity index (χ0n) is 9.41. The van der Waals surface area contributed by atoms with E-state index in [0.29, 0.717) is 6.42 Å². The van der Waals surface area contributed by atoms with Crippen LogP contribution in [0.5, 0.6) is 0 Å². The first-order valence-corrected chi connectivity index (χ1v) is 5.00. The second-order valence-corrected chi connectivity index (χ2v) is 4.55. The fourth-order valence-corrected chi connectivity index (χ4v) is 1.20. The maximum Gasteiger partial charge on any atom is 0.408 e. The molecule has 0 bridgehead atoms. The summed E-state index contributed by atoms with van der Waals surface area (Å²) in [6.07, 6.45) is 5.83. The molecule has 1 aliphatic carbocycles. The van der Waals surface area contributed by atoms with Gasteiger partial charge in [-0.3, -0.25) is 0 Å². The van der Waals surface area contributed by atoms with Crippen LogP contribution in [0.3, 0.4) is 0 Å². The first-order valence-electron chi connectivity index (χ1n) is 5.00. The molecule has 0 radical (unpaired) electrons. The first-order chi connectivity index (χ1) is 6.87. The number of carbonyl (C=O) groups is 1. The number of nitrogens with one attached hydrogen (secondary N) is 1. The number of carbonyl (C=O) groups excluding carboxylic acids is 1. The van der Waals surface area contributed by atoms with E-state index in [1.165, 1.54) is 0 Å². The molecule has 0 aromatic heterocycles. The molecule has 4 nitrogen and oxygen atoms in total. The van der Waals surface area contributed by atoms with Crippen LogP contribution >= 0.6 is 0 Å². The molecule has 15 heavy (non-hydrogen) atoms. The molecule has 0 spiro atoms. The summed E-state index contributed by atoms with van der Waals surface area (Å²) in [7, 11) is 0. The molecule has 0 saturated heterocycles. The maximum atomic E-state index is 11.4. The lowest BCUT2D eigenvalue weighted by Crippen LogP contribution is -2.38. The van der Waals surface area contributed by atoms with Gasteiger partial charge in [-0.2, -0.15) is 0 Å². The van der Waals surface area contributed by atoms with Gasteiger partial charge in [-0.05, 0) is 33.3 Å². The van der Waals surface area contributed by atoms with Crippen LogP contribution in [0.2, 0.25) is 0 Å². The molecule has 0 fully saturated rings. The van der Waals surface area contributed by atoms with Gasteiger partial charge in [-0.25, -0.2) is 4.79 Å². The molecular weight excluding hydrogens is 192 g/mol. The predicted octanol–water partition coefficient (Wildman–Crippen LogP) is 1.68. The molecule has 1 amide bonds. The van der Waals surface area contributed by atoms with Crippen LogP contribution in [0.1, 0.15) is 27.2 Å². The lowest BCUT2D eigenvalue weighted by Gasteiger charge is -2.22. The number of allylic oxidation sites excluding steroid dienone is 1. The lowest BCUT2D eigenvalue weighted by atomic mass is 10.1. The maximum absolute atomic E-state index is 11.4. The number of nitrogens with two attached hydrogens (primary N) is 1. The van der Waals surface area contributed by atoms with E-state index in [0.717, 1.165) is 5.70 Å². The third kappa shape index (κ3) is 4.54. The topological polar surface area (TPSA) is 64.3 Å². The summed E-state index contributed by atoms with van der Waals surface area (Å²) in [6.45, 7) is 5.50. The van der Waals surface area contributed by atoms with Crippen LogP contribution < -0.4 is 11.1 Å². The van der Waals surface area contributed by atoms with Gasteiger partial charge in [0.05, 0.1) is 6.04 Å². The number of hydrogen-bond donors (Lipinski definition) is 2. The van der Waals surface area contributed by atoms with E-state index in [4.69, 9.17) is 10.5 Å². The molecule has 1 rings (SSSR count). The van der Waals surface area contributed by atoms with Crippen molar-refractivity contribution < 1.29 is 9.53 Å². The molecule has 0 aromatic rings. The van der Waals surface area contributed by atoms with Crippen molar-refractivity contribution >= 4 is 6.09 Å². The molecule has 84 valence electrons. The highest BCUT2D eigenvalue weighted by Gasteiger charge is 2.18. The zero-order chi connectivity index (χ0) is 11.5. The Kier molecular flexibility index (Phi) is 3.39. The summed E-state index contributed by atoms with van der Waals surface area (Å²) in [5.41, 5.74) is 5.83. The number of rotatable bonds is 1. The zero-order valence-corrected chi connectivity index (χ0v) is 9.41. The van der Waals surface area contributed by atoms with E-state index in [1.807, 2.05) is 32.9 Å². The van der Waals surface area contributed by atoms with Crippen LogP contribution in [0.15, 0.2) is 23.9 Å². The number of amides is 1. The fourth-order valence-electron chi connectivity index (χ4n) is 1.20. The van der Waals surface area contributed by atoms with Gasteiger partial charge in [0.1, 0.15) is 5.60 Å². The van der Waals surface area contributed by atoms with Crippen LogP contribution in [-0.2, 0) is 4.74 Å². The number of ether oxygens (including phenoxy) is 1. The third-order valence-corrected chi connectivity index (χ3v) is 1.83. The number of hydrogen-bond acceptors (Lipinski definition) is 3. The molecule has 0 aliphatic heterocycles. The molecule has 4 heteroatoms. The van der Waals surface area contributed by atoms with Crippen LogP contribution in [-0.4, -0.2) is 17.7 Å². The average molecular weight is 210 g/mol. The Morgan fingerprint density at radius 2 is 2.27 bits per heavy atom. The van der Waals surface area contributed by atoms with Gasteiger partial charge in [-0.1, -0.05) is 12.2 Å². The SMILES string of the molecule is CC(C)(C)OC(=O)NC1C=CC(N)=CC1. The first kappa shape index (κ1) is 11.6. The molecule has 0 heterocycles. The monoisotopic (exact) mass is 210 g/mol. The van der Waals surface area contributed by atoms with E-state index in [1.54, 1.807) is 6.08 Å². The van der Waals surface area contributed by atoms with Gasteiger partial charge in [-0.15, -0.1) is 0 Å². The van der Waals surface area contributed by atoms with Gasteiger partial charge in [0.25, 0.3) is 0 Å². The summed E-state index contributed by atoms with van der Waals surface area (Å²) in [6, 6.07) is -0.0212. The largest absolute Gasteiger partial charge is 0.444 e. The molecule has 3 N–H and O–H groups in total. The normalized spacial score (nSPS) is 20.7. The summed E-state index contributed by atoms with van der Waals surface area (Å²) in [4.78, 5) is 11.4. The Hall–Kier alpha value is -1.45. The van der Waals surface area contributed by atoms with Gasteiger partial charge in [0.15, 0.2) is 0 Å². The molecular formula is C11H18N2O2. The minimum absolute atomic E-state index is 0.0212. The summed E-state index contributed by atoms with van der Waals surface area (Å²) in [5.74, 6) is 0. The van der Waals surface area contributed by atoms with Crippen molar-refractivity contribution in [3.8, 4) is 0 Å². The van der Waals surface area contributed by atoms with Crippen molar-refractivity contribution in [2.75, 3.05) is 0 Å². The van der Waals surface area contributed by atoms with Crippen molar-refractivity contribution in [1.82, 2.24) is 5.32 Å². The van der Waals surface area contributed by atoms with Crippen molar-refractivity contribution in [1.29, 1.82) is 0 Å². The standard InChI is InChI=1S/C11H18N2O2/c1-11(2,3)15-10(14)13-9-6-4-8(12)5-7-9/h4-6,9H,7,12H2,1-3H3,(H,13,14). The van der Waals surface area contributed by atoms with E-state index in [2.05, 4.69) is 5.32 Å². The third-order valence-electron chi connectivity index (χ3n) is 1.83. The smallest absolute Gasteiger partial charge is 0.408 e. The Labute approximate surface area is 90.2 Å². The van der Waals surface area contributed by atoms with E-state index in [-0.39, 0.29) is 6.04 Å². The minimum Gasteiger partial charge on any atom is -0.444 e. The molecule has 1 unspecified atom stereocenters. The molecule has 1 aliphatic rings. The highest BCUT2D eigenvalue weighted by molar-refractivity contribution is 5.68. The van der Waals surface area contributed by atoms with E-state index in [9.17, 15) is 4.79 Å². The molecule has 1 atom stereocenters. The summed E-state index contributed by atoms with van der Waals surface area (Å²) in [5, 5.41) is 2.75. The fraction of sp³-hybridized carbons (Fsp3) is 0.545. The van der Waals surface area contributed by atoms with Crippen molar-refractivity contribution in [2.45, 2.75) is 38.8 Å². The predicted molar refractivity (Wildman–Crippen MR) is 59.2 cm³/mol. The van der Waals surface area contributed by atoms with Crippen molar-refractivity contribution in [3.63, 3.8) is 0 Å². The Balaban J connectivity index is 2.38. The van der Waals surface area contributed by atoms with Crippen LogP contribution in [0.4, 0.5) is 4.79 Å². The molecule has 0 saturated carbocycles. The Bertz CT molecular complexity index is 300. The number of alkyl carbamates (subject to hydrolysis) is 1. The van der Waals surface area contributed by atoms with Crippen molar-refractivity contribution in [2.24, 2.45) is 5.73 Å². The average Bonchev–Trinajstić information content (AvgIpc) is 2.05. The van der Waals surface area contributed by atoms with Crippen molar-refractivity contribution in [3.05, 3.63) is 23.9 Å². The van der Waals surface area contributed by atoms with Gasteiger partial charge in [0, 0.05) is 5.70 Å². The lowest BCUT2D eigenvalue weighted by molar-refractivity contribution is 0.0514. The van der Waals surface area contributed by atoms with Gasteiger partial charge < -0.3 is 15.8 Å². The van der Waals surface area contributed by atoms with Crippen LogP contribution in [0.25, 0.3) is 0 Å².